The van der Waals surface area contributed by atoms with Crippen molar-refractivity contribution in [3.05, 3.63) is 34.3 Å². The van der Waals surface area contributed by atoms with Crippen LogP contribution in [-0.4, -0.2) is 41.8 Å². The van der Waals surface area contributed by atoms with E-state index in [2.05, 4.69) is 0 Å². The summed E-state index contributed by atoms with van der Waals surface area (Å²) in [5.41, 5.74) is 0. The van der Waals surface area contributed by atoms with Crippen molar-refractivity contribution >= 4 is 52.4 Å². The molecule has 0 radical (unpaired) electrons. The number of alkyl halides is 2. The topological polar surface area (TPSA) is 54.0 Å². The van der Waals surface area contributed by atoms with Gasteiger partial charge in [-0.05, 0) is 30.7 Å². The van der Waals surface area contributed by atoms with E-state index in [1.54, 1.807) is 31.4 Å². The average molecular weight is 440 g/mol. The molecule has 5 nitrogen and oxygen atoms in total. The molecule has 2 fully saturated rings. The van der Waals surface area contributed by atoms with Crippen LogP contribution in [0.15, 0.2) is 34.3 Å². The summed E-state index contributed by atoms with van der Waals surface area (Å²) in [5.74, 6) is -2.00. The number of halogens is 4. The molecule has 2 aliphatic carbocycles. The van der Waals surface area contributed by atoms with E-state index in [4.69, 9.17) is 65.4 Å². The molecule has 3 atom stereocenters. The van der Waals surface area contributed by atoms with Crippen molar-refractivity contribution in [2.24, 2.45) is 5.92 Å². The van der Waals surface area contributed by atoms with Crippen LogP contribution >= 0.6 is 46.4 Å². The Kier molecular flexibility index (Phi) is 4.42. The Hall–Kier alpha value is -0.690. The lowest BCUT2D eigenvalue weighted by atomic mass is 9.91. The van der Waals surface area contributed by atoms with Crippen molar-refractivity contribution in [1.82, 2.24) is 0 Å². The number of carbonyl (C=O) groups is 1. The maximum atomic E-state index is 12.9. The minimum atomic E-state index is -1.55. The highest BCUT2D eigenvalue weighted by Crippen LogP contribution is 2.72. The van der Waals surface area contributed by atoms with Gasteiger partial charge < -0.3 is 18.9 Å². The fourth-order valence-corrected chi connectivity index (χ4v) is 5.82. The van der Waals surface area contributed by atoms with Crippen LogP contribution in [-0.2, 0) is 14.3 Å². The van der Waals surface area contributed by atoms with Crippen molar-refractivity contribution < 1.29 is 23.7 Å². The Morgan fingerprint density at radius 2 is 1.65 bits per heavy atom. The second kappa shape index (κ2) is 6.16. The lowest BCUT2D eigenvalue weighted by Crippen LogP contribution is -2.55. The first-order chi connectivity index (χ1) is 12.3. The number of hydrogen-bond donors (Lipinski definition) is 0. The zero-order valence-corrected chi connectivity index (χ0v) is 16.6. The van der Waals surface area contributed by atoms with Crippen LogP contribution in [0.1, 0.15) is 6.42 Å². The van der Waals surface area contributed by atoms with Crippen molar-refractivity contribution in [2.45, 2.75) is 22.0 Å². The van der Waals surface area contributed by atoms with Gasteiger partial charge in [-0.25, -0.2) is 0 Å². The van der Waals surface area contributed by atoms with E-state index in [1.165, 1.54) is 0 Å². The fourth-order valence-electron chi connectivity index (χ4n) is 3.87. The number of hydrogen-bond acceptors (Lipinski definition) is 5. The van der Waals surface area contributed by atoms with Crippen LogP contribution in [0.25, 0.3) is 0 Å². The molecule has 0 aromatic heterocycles. The van der Waals surface area contributed by atoms with Crippen LogP contribution in [0.2, 0.25) is 0 Å². The molecule has 1 saturated heterocycles. The molecule has 1 aromatic rings. The highest BCUT2D eigenvalue weighted by molar-refractivity contribution is 6.52. The zero-order chi connectivity index (χ0) is 18.7. The summed E-state index contributed by atoms with van der Waals surface area (Å²) < 4.78 is 22.1. The summed E-state index contributed by atoms with van der Waals surface area (Å²) in [6.45, 7) is 0.551. The highest BCUT2D eigenvalue weighted by atomic mass is 35.5. The van der Waals surface area contributed by atoms with E-state index in [-0.39, 0.29) is 29.7 Å². The summed E-state index contributed by atoms with van der Waals surface area (Å²) in [4.78, 5) is 9.98. The maximum Gasteiger partial charge on any atom is 0.316 e. The average Bonchev–Trinajstić information content (AvgIpc) is 3.24. The van der Waals surface area contributed by atoms with E-state index in [0.717, 1.165) is 0 Å². The molecule has 1 saturated carbocycles. The summed E-state index contributed by atoms with van der Waals surface area (Å²) in [6.07, 6.45) is 0.0854. The fraction of sp³-hybridized carbons (Fsp3) is 0.471. The lowest BCUT2D eigenvalue weighted by molar-refractivity contribution is -0.174. The van der Waals surface area contributed by atoms with Crippen molar-refractivity contribution in [3.8, 4) is 11.5 Å². The number of rotatable bonds is 3. The first-order valence-corrected chi connectivity index (χ1v) is 9.39. The molecule has 26 heavy (non-hydrogen) atoms. The van der Waals surface area contributed by atoms with Crippen LogP contribution in [0.5, 0.6) is 11.5 Å². The normalized spacial score (nSPS) is 34.6. The standard InChI is InChI=1S/C17H14Cl4O5/c1-23-9-2-4-10(5-3-9)26-14(22)11-8-15(20)12(18)13(19)16(11,21)17(15)24-6-7-25-17/h2-5,11H,6-8H2,1H3/t11-,15-,16+/m0/s1. The van der Waals surface area contributed by atoms with Gasteiger partial charge in [0.25, 0.3) is 0 Å². The van der Waals surface area contributed by atoms with E-state index < -0.39 is 27.4 Å². The molecule has 1 spiro atoms. The first kappa shape index (κ1) is 18.7. The van der Waals surface area contributed by atoms with E-state index in [9.17, 15) is 4.79 Å². The Labute approximate surface area is 170 Å². The van der Waals surface area contributed by atoms with Gasteiger partial charge in [0.05, 0.1) is 36.3 Å². The molecule has 3 aliphatic rings. The minimum Gasteiger partial charge on any atom is -0.497 e. The first-order valence-electron chi connectivity index (χ1n) is 7.88. The minimum absolute atomic E-state index is 0.0562. The van der Waals surface area contributed by atoms with E-state index >= 15 is 0 Å². The zero-order valence-electron chi connectivity index (χ0n) is 13.6. The highest BCUT2D eigenvalue weighted by Gasteiger charge is 2.83. The largest absolute Gasteiger partial charge is 0.497 e. The second-order valence-corrected chi connectivity index (χ2v) is 8.31. The van der Waals surface area contributed by atoms with Crippen LogP contribution in [0, 0.1) is 5.92 Å². The van der Waals surface area contributed by atoms with Gasteiger partial charge in [0, 0.05) is 0 Å². The molecule has 0 unspecified atom stereocenters. The second-order valence-electron chi connectivity index (χ2n) is 6.31. The molecule has 9 heteroatoms. The van der Waals surface area contributed by atoms with Gasteiger partial charge in [-0.2, -0.15) is 0 Å². The predicted octanol–water partition coefficient (Wildman–Crippen LogP) is 4.02. The lowest BCUT2D eigenvalue weighted by Gasteiger charge is -2.38. The molecule has 2 bridgehead atoms. The molecular formula is C17H14Cl4O5. The van der Waals surface area contributed by atoms with E-state index in [1.807, 2.05) is 0 Å². The Bertz CT molecular complexity index is 789. The summed E-state index contributed by atoms with van der Waals surface area (Å²) in [5, 5.41) is 0.201. The Morgan fingerprint density at radius 3 is 2.23 bits per heavy atom. The maximum absolute atomic E-state index is 12.9. The number of methoxy groups -OCH3 is 1. The number of ether oxygens (including phenoxy) is 4. The summed E-state index contributed by atoms with van der Waals surface area (Å²) >= 11 is 26.3. The third-order valence-corrected chi connectivity index (χ3v) is 7.66. The van der Waals surface area contributed by atoms with Gasteiger partial charge in [0.1, 0.15) is 16.4 Å². The monoisotopic (exact) mass is 438 g/mol. The predicted molar refractivity (Wildman–Crippen MR) is 97.3 cm³/mol. The van der Waals surface area contributed by atoms with Crippen LogP contribution < -0.4 is 9.47 Å². The molecule has 1 aromatic carbocycles. The molecule has 1 aliphatic heterocycles. The Morgan fingerprint density at radius 1 is 1.08 bits per heavy atom. The SMILES string of the molecule is COc1ccc(OC(=O)[C@@H]2C[C@]3(Cl)C(Cl)=C(Cl)[C@@]2(Cl)C32OCCO2)cc1. The number of benzene rings is 1. The van der Waals surface area contributed by atoms with Gasteiger partial charge in [-0.3, -0.25) is 4.79 Å². The Balaban J connectivity index is 1.66. The van der Waals surface area contributed by atoms with Gasteiger partial charge in [-0.1, -0.05) is 23.2 Å². The van der Waals surface area contributed by atoms with Gasteiger partial charge in [0.15, 0.2) is 4.87 Å². The third-order valence-electron chi connectivity index (χ3n) is 5.08. The van der Waals surface area contributed by atoms with Gasteiger partial charge in [-0.15, -0.1) is 23.2 Å². The molecule has 0 amide bonds. The molecule has 1 heterocycles. The van der Waals surface area contributed by atoms with Crippen molar-refractivity contribution in [2.75, 3.05) is 20.3 Å². The van der Waals surface area contributed by atoms with Gasteiger partial charge in [0.2, 0.25) is 5.79 Å². The van der Waals surface area contributed by atoms with E-state index in [0.29, 0.717) is 11.5 Å². The number of carbonyl (C=O) groups excluding carboxylic acids is 1. The van der Waals surface area contributed by atoms with Crippen LogP contribution in [0.4, 0.5) is 0 Å². The summed E-state index contributed by atoms with van der Waals surface area (Å²) in [6, 6.07) is 6.59. The third kappa shape index (κ3) is 2.16. The summed E-state index contributed by atoms with van der Waals surface area (Å²) in [7, 11) is 1.55. The number of esters is 1. The van der Waals surface area contributed by atoms with Gasteiger partial charge >= 0.3 is 5.97 Å². The van der Waals surface area contributed by atoms with Crippen LogP contribution in [0.3, 0.4) is 0 Å². The smallest absolute Gasteiger partial charge is 0.316 e. The van der Waals surface area contributed by atoms with Crippen molar-refractivity contribution in [1.29, 1.82) is 0 Å². The molecular weight excluding hydrogens is 426 g/mol. The molecule has 140 valence electrons. The molecule has 0 N–H and O–H groups in total. The quantitative estimate of drug-likeness (QED) is 0.404. The van der Waals surface area contributed by atoms with Crippen molar-refractivity contribution in [3.63, 3.8) is 0 Å². The molecule has 4 rings (SSSR count).